The molecule has 2 aromatic rings. The number of halogens is 1. The molecule has 3 saturated heterocycles. The van der Waals surface area contributed by atoms with Gasteiger partial charge in [0.2, 0.25) is 17.5 Å². The average molecular weight is 654 g/mol. The van der Waals surface area contributed by atoms with Crippen molar-refractivity contribution in [1.82, 2.24) is 20.1 Å². The number of piperidine rings is 1. The Hall–Kier alpha value is -2.53. The van der Waals surface area contributed by atoms with Crippen LogP contribution in [0.5, 0.6) is 0 Å². The molecule has 3 fully saturated rings. The van der Waals surface area contributed by atoms with Gasteiger partial charge in [-0.15, -0.1) is 0 Å². The fourth-order valence-corrected chi connectivity index (χ4v) is 9.24. The lowest BCUT2D eigenvalue weighted by Gasteiger charge is -2.47. The number of fused-ring (bicyclic) bond motifs is 5. The van der Waals surface area contributed by atoms with Crippen molar-refractivity contribution in [1.29, 1.82) is 0 Å². The van der Waals surface area contributed by atoms with Crippen molar-refractivity contribution < 1.29 is 24.2 Å². The van der Waals surface area contributed by atoms with Crippen LogP contribution in [-0.4, -0.2) is 81.2 Å². The number of nitrogens with zero attached hydrogens (tertiary/aromatic N) is 2. The number of ether oxygens (including phenoxy) is 1. The first-order valence-corrected chi connectivity index (χ1v) is 16.5. The predicted molar refractivity (Wildman–Crippen MR) is 166 cm³/mol. The maximum atomic E-state index is 14.5. The number of likely N-dealkylation sites (N-methyl/N-ethyl adjacent to an activating group) is 1. The van der Waals surface area contributed by atoms with Crippen LogP contribution < -0.4 is 5.32 Å². The third kappa shape index (κ3) is 4.09. The van der Waals surface area contributed by atoms with E-state index in [2.05, 4.69) is 49.3 Å². The number of ketones is 1. The van der Waals surface area contributed by atoms with Crippen molar-refractivity contribution in [3.05, 3.63) is 40.0 Å². The molecule has 7 rings (SSSR count). The van der Waals surface area contributed by atoms with E-state index in [-0.39, 0.29) is 29.6 Å². The number of hydrogen-bond acceptors (Lipinski definition) is 6. The number of aromatic amines is 1. The number of benzene rings is 1. The predicted octanol–water partition coefficient (Wildman–Crippen LogP) is 3.84. The number of amides is 2. The lowest BCUT2D eigenvalue weighted by atomic mass is 9.70. The zero-order chi connectivity index (χ0) is 30.6. The lowest BCUT2D eigenvalue weighted by Crippen LogP contribution is -2.64. The first-order valence-electron chi connectivity index (χ1n) is 15.7. The molecule has 0 bridgehead atoms. The molecule has 2 amide bonds. The molecule has 10 heteroatoms. The van der Waals surface area contributed by atoms with E-state index in [9.17, 15) is 19.5 Å². The fourth-order valence-electron chi connectivity index (χ4n) is 8.67. The number of hydrogen-bond donors (Lipinski definition) is 3. The van der Waals surface area contributed by atoms with Gasteiger partial charge in [0, 0.05) is 36.0 Å². The van der Waals surface area contributed by atoms with Crippen LogP contribution >= 0.6 is 15.9 Å². The molecule has 1 aromatic carbocycles. The average Bonchev–Trinajstić information content (AvgIpc) is 3.63. The maximum absolute atomic E-state index is 14.5. The summed E-state index contributed by atoms with van der Waals surface area (Å²) in [5.74, 6) is -5.19. The van der Waals surface area contributed by atoms with Gasteiger partial charge in [-0.1, -0.05) is 45.9 Å². The van der Waals surface area contributed by atoms with Crippen molar-refractivity contribution in [3.8, 4) is 0 Å². The monoisotopic (exact) mass is 652 g/mol. The Kier molecular flexibility index (Phi) is 6.78. The topological polar surface area (TPSA) is 115 Å². The Morgan fingerprint density at radius 2 is 2.02 bits per heavy atom. The summed E-state index contributed by atoms with van der Waals surface area (Å²) >= 11 is 3.70. The summed E-state index contributed by atoms with van der Waals surface area (Å²) in [6.45, 7) is 8.72. The normalized spacial score (nSPS) is 35.4. The van der Waals surface area contributed by atoms with Crippen LogP contribution in [0.2, 0.25) is 0 Å². The molecule has 9 nitrogen and oxygen atoms in total. The van der Waals surface area contributed by atoms with E-state index < -0.39 is 41.2 Å². The minimum atomic E-state index is -1.84. The summed E-state index contributed by atoms with van der Waals surface area (Å²) in [7, 11) is 2.03. The van der Waals surface area contributed by atoms with E-state index in [1.807, 2.05) is 40.8 Å². The molecule has 0 saturated carbocycles. The van der Waals surface area contributed by atoms with Crippen molar-refractivity contribution in [2.24, 2.45) is 29.6 Å². The molecule has 230 valence electrons. The van der Waals surface area contributed by atoms with Gasteiger partial charge in [0.05, 0.1) is 28.4 Å². The zero-order valence-corrected chi connectivity index (χ0v) is 27.0. The van der Waals surface area contributed by atoms with Crippen LogP contribution in [0.25, 0.3) is 16.5 Å². The summed E-state index contributed by atoms with van der Waals surface area (Å²) < 4.78 is 7.51. The fraction of sp³-hybridized carbons (Fsp3) is 0.606. The number of aliphatic hydroxyl groups is 1. The number of carbonyl (C=O) groups excluding carboxylic acids is 3. The van der Waals surface area contributed by atoms with Crippen LogP contribution in [0.3, 0.4) is 0 Å². The van der Waals surface area contributed by atoms with Crippen molar-refractivity contribution >= 4 is 50.0 Å². The van der Waals surface area contributed by atoms with E-state index in [1.54, 1.807) is 4.90 Å². The van der Waals surface area contributed by atoms with Gasteiger partial charge < -0.3 is 25.0 Å². The van der Waals surface area contributed by atoms with E-state index >= 15 is 0 Å². The van der Waals surface area contributed by atoms with E-state index in [4.69, 9.17) is 4.74 Å². The van der Waals surface area contributed by atoms with Crippen LogP contribution in [0, 0.1) is 29.6 Å². The van der Waals surface area contributed by atoms with Crippen molar-refractivity contribution in [3.63, 3.8) is 0 Å². The Balaban J connectivity index is 1.25. The SMILES string of the molecule is CC(C)C[C@H]1C(=O)N2CCC[C@H]2[C@]2(O)OC(NC(=O)[C@@H]3C=C4c5cccc6[nH]c(Br)c(c56)C[C@H]4N(C)C3)(C(C)C)C(=O)C12. The van der Waals surface area contributed by atoms with Gasteiger partial charge in [0.15, 0.2) is 11.6 Å². The van der Waals surface area contributed by atoms with Gasteiger partial charge in [0.1, 0.15) is 0 Å². The molecule has 4 aliphatic heterocycles. The maximum Gasteiger partial charge on any atom is 0.230 e. The molecule has 1 aromatic heterocycles. The molecular formula is C33H41BrN4O5. The molecule has 5 aliphatic rings. The van der Waals surface area contributed by atoms with Crippen LogP contribution in [0.1, 0.15) is 58.1 Å². The number of Topliss-reactive ketones (excluding diaryl/α,β-unsaturated/α-hetero) is 1. The molecular weight excluding hydrogens is 612 g/mol. The molecule has 7 atom stereocenters. The highest BCUT2D eigenvalue weighted by Gasteiger charge is 2.73. The van der Waals surface area contributed by atoms with Crippen molar-refractivity contribution in [2.75, 3.05) is 20.1 Å². The van der Waals surface area contributed by atoms with E-state index in [0.717, 1.165) is 34.1 Å². The standard InChI is InChI=1S/C33H41BrN4O5/c1-16(2)12-22-27-28(39)32(17(3)4,43-33(27,42)25-10-7-11-38(25)31(22)41)36-30(40)18-13-20-19-8-6-9-23-26(19)21(29(34)35-23)14-24(20)37(5)15-18/h6,8-9,13,16-18,22,24-25,27,35,42H,7,10-12,14-15H2,1-5H3,(H,36,40)/t18-,22-,24-,25+,27?,32?,33+/m1/s1. The summed E-state index contributed by atoms with van der Waals surface area (Å²) in [5, 5.41) is 16.4. The third-order valence-corrected chi connectivity index (χ3v) is 11.4. The van der Waals surface area contributed by atoms with Gasteiger partial charge in [-0.2, -0.15) is 0 Å². The Morgan fingerprint density at radius 3 is 2.74 bits per heavy atom. The zero-order valence-electron chi connectivity index (χ0n) is 25.4. The van der Waals surface area contributed by atoms with Crippen LogP contribution in [-0.2, 0) is 25.5 Å². The Bertz CT molecular complexity index is 1570. The van der Waals surface area contributed by atoms with Crippen molar-refractivity contribution in [2.45, 2.75) is 77.0 Å². The first kappa shape index (κ1) is 29.2. The van der Waals surface area contributed by atoms with Crippen LogP contribution in [0.15, 0.2) is 28.9 Å². The highest BCUT2D eigenvalue weighted by Crippen LogP contribution is 2.54. The number of rotatable bonds is 5. The highest BCUT2D eigenvalue weighted by atomic mass is 79.9. The summed E-state index contributed by atoms with van der Waals surface area (Å²) in [6, 6.07) is 5.72. The van der Waals surface area contributed by atoms with Gasteiger partial charge in [-0.05, 0) is 77.3 Å². The number of carbonyl (C=O) groups is 3. The lowest BCUT2D eigenvalue weighted by molar-refractivity contribution is -0.290. The van der Waals surface area contributed by atoms with E-state index in [1.165, 1.54) is 10.9 Å². The second kappa shape index (κ2) is 9.99. The summed E-state index contributed by atoms with van der Waals surface area (Å²) in [4.78, 5) is 49.7. The summed E-state index contributed by atoms with van der Waals surface area (Å²) in [6.07, 6.45) is 4.65. The number of aromatic nitrogens is 1. The summed E-state index contributed by atoms with van der Waals surface area (Å²) in [5.41, 5.74) is 2.78. The first-order chi connectivity index (χ1) is 20.4. The van der Waals surface area contributed by atoms with Gasteiger partial charge in [0.25, 0.3) is 0 Å². The second-order valence-corrected chi connectivity index (χ2v) is 14.8. The molecule has 3 N–H and O–H groups in total. The molecule has 0 radical (unpaired) electrons. The minimum absolute atomic E-state index is 0.0828. The molecule has 43 heavy (non-hydrogen) atoms. The third-order valence-electron chi connectivity index (χ3n) is 10.7. The van der Waals surface area contributed by atoms with Gasteiger partial charge >= 0.3 is 0 Å². The van der Waals surface area contributed by atoms with Gasteiger partial charge in [-0.3, -0.25) is 19.3 Å². The smallest absolute Gasteiger partial charge is 0.230 e. The van der Waals surface area contributed by atoms with Gasteiger partial charge in [-0.25, -0.2) is 0 Å². The second-order valence-electron chi connectivity index (χ2n) is 14.0. The quantitative estimate of drug-likeness (QED) is 0.452. The Morgan fingerprint density at radius 1 is 1.26 bits per heavy atom. The molecule has 0 spiro atoms. The largest absolute Gasteiger partial charge is 0.363 e. The number of H-pyrrole nitrogens is 1. The molecule has 1 aliphatic carbocycles. The van der Waals surface area contributed by atoms with E-state index in [0.29, 0.717) is 25.9 Å². The molecule has 2 unspecified atom stereocenters. The number of nitrogens with one attached hydrogen (secondary N) is 2. The Labute approximate surface area is 260 Å². The molecule has 5 heterocycles. The van der Waals surface area contributed by atoms with Crippen LogP contribution in [0.4, 0.5) is 0 Å². The minimum Gasteiger partial charge on any atom is -0.363 e. The highest BCUT2D eigenvalue weighted by molar-refractivity contribution is 9.10.